The zero-order valence-corrected chi connectivity index (χ0v) is 18.1. The number of nitrogens with zero attached hydrogens (tertiary/aromatic N) is 3. The lowest BCUT2D eigenvalue weighted by Crippen LogP contribution is -2.43. The van der Waals surface area contributed by atoms with Gasteiger partial charge in [-0.3, -0.25) is 15.2 Å². The number of anilines is 1. The SMILES string of the molecule is CCN(C(=O)c1nc(NC(=O)OCC2c3ccccc3-c3ccccc32)n[nH]1)C(C)C(=O)O. The summed E-state index contributed by atoms with van der Waals surface area (Å²) in [6.45, 7) is 3.34. The van der Waals surface area contributed by atoms with Gasteiger partial charge >= 0.3 is 12.1 Å². The molecule has 0 saturated carbocycles. The fourth-order valence-corrected chi connectivity index (χ4v) is 4.00. The van der Waals surface area contributed by atoms with E-state index in [-0.39, 0.29) is 30.8 Å². The normalized spacial score (nSPS) is 13.0. The number of likely N-dealkylation sites (N-methyl/N-ethyl adjacent to an activating group) is 1. The summed E-state index contributed by atoms with van der Waals surface area (Å²) in [4.78, 5) is 41.2. The van der Waals surface area contributed by atoms with Crippen LogP contribution in [0.4, 0.5) is 10.7 Å². The Hall–Kier alpha value is -4.21. The number of ether oxygens (including phenoxy) is 1. The molecule has 0 bridgehead atoms. The van der Waals surface area contributed by atoms with Gasteiger partial charge in [0.25, 0.3) is 11.9 Å². The first kappa shape index (κ1) is 22.0. The standard InChI is InChI=1S/C23H23N5O5/c1-3-28(13(2)21(30)31)20(29)19-24-22(27-26-19)25-23(32)33-12-18-16-10-6-4-8-14(16)15-9-5-7-11-17(15)18/h4-11,13,18H,3,12H2,1-2H3,(H,30,31)(H2,24,25,26,27,32). The zero-order chi connectivity index (χ0) is 23.5. The Morgan fingerprint density at radius 1 is 1.12 bits per heavy atom. The molecule has 1 aliphatic rings. The van der Waals surface area contributed by atoms with Crippen molar-refractivity contribution < 1.29 is 24.2 Å². The number of aromatic amines is 1. The molecule has 10 heteroatoms. The third-order valence-corrected chi connectivity index (χ3v) is 5.67. The molecule has 0 fully saturated rings. The van der Waals surface area contributed by atoms with Gasteiger partial charge in [0.2, 0.25) is 5.82 Å². The highest BCUT2D eigenvalue weighted by atomic mass is 16.5. The van der Waals surface area contributed by atoms with Gasteiger partial charge in [-0.1, -0.05) is 48.5 Å². The van der Waals surface area contributed by atoms with E-state index < -0.39 is 24.0 Å². The average molecular weight is 449 g/mol. The van der Waals surface area contributed by atoms with Crippen molar-refractivity contribution in [3.8, 4) is 11.1 Å². The molecular formula is C23H23N5O5. The second-order valence-electron chi connectivity index (χ2n) is 7.56. The van der Waals surface area contributed by atoms with E-state index in [1.54, 1.807) is 6.92 Å². The maximum atomic E-state index is 12.5. The Balaban J connectivity index is 1.40. The third kappa shape index (κ3) is 4.27. The molecule has 1 atom stereocenters. The van der Waals surface area contributed by atoms with Crippen molar-refractivity contribution in [1.82, 2.24) is 20.1 Å². The van der Waals surface area contributed by atoms with Crippen LogP contribution in [0.1, 0.15) is 41.5 Å². The molecule has 3 N–H and O–H groups in total. The van der Waals surface area contributed by atoms with E-state index in [4.69, 9.17) is 9.84 Å². The molecule has 0 saturated heterocycles. The van der Waals surface area contributed by atoms with Crippen molar-refractivity contribution in [1.29, 1.82) is 0 Å². The van der Waals surface area contributed by atoms with Crippen LogP contribution in [0.5, 0.6) is 0 Å². The minimum absolute atomic E-state index is 0.0944. The predicted octanol–water partition coefficient (Wildman–Crippen LogP) is 3.10. The van der Waals surface area contributed by atoms with Gasteiger partial charge in [0.15, 0.2) is 0 Å². The summed E-state index contributed by atoms with van der Waals surface area (Å²) < 4.78 is 5.43. The number of benzene rings is 2. The number of rotatable bonds is 7. The smallest absolute Gasteiger partial charge is 0.414 e. The van der Waals surface area contributed by atoms with Gasteiger partial charge in [-0.15, -0.1) is 5.10 Å². The molecule has 4 rings (SSSR count). The van der Waals surface area contributed by atoms with Crippen molar-refractivity contribution in [2.24, 2.45) is 0 Å². The van der Waals surface area contributed by atoms with E-state index in [1.807, 2.05) is 48.5 Å². The molecular weight excluding hydrogens is 426 g/mol. The van der Waals surface area contributed by atoms with Crippen LogP contribution >= 0.6 is 0 Å². The Morgan fingerprint density at radius 3 is 2.30 bits per heavy atom. The second kappa shape index (κ2) is 9.11. The van der Waals surface area contributed by atoms with E-state index in [0.717, 1.165) is 27.2 Å². The summed E-state index contributed by atoms with van der Waals surface area (Å²) in [6, 6.07) is 15.0. The first-order valence-electron chi connectivity index (χ1n) is 10.5. The molecule has 0 spiro atoms. The number of hydrogen-bond acceptors (Lipinski definition) is 6. The lowest BCUT2D eigenvalue weighted by Gasteiger charge is -2.23. The molecule has 1 heterocycles. The van der Waals surface area contributed by atoms with Crippen LogP contribution in [0.2, 0.25) is 0 Å². The van der Waals surface area contributed by atoms with Gasteiger partial charge in [-0.25, -0.2) is 9.59 Å². The molecule has 1 aliphatic carbocycles. The number of hydrogen-bond donors (Lipinski definition) is 3. The molecule has 1 aromatic heterocycles. The van der Waals surface area contributed by atoms with Crippen molar-refractivity contribution in [2.45, 2.75) is 25.8 Å². The first-order chi connectivity index (χ1) is 15.9. The van der Waals surface area contributed by atoms with E-state index in [0.29, 0.717) is 0 Å². The summed E-state index contributed by atoms with van der Waals surface area (Å²) in [5, 5.41) is 17.8. The number of nitrogens with one attached hydrogen (secondary N) is 2. The first-order valence-corrected chi connectivity index (χ1v) is 10.5. The summed E-state index contributed by atoms with van der Waals surface area (Å²) in [6.07, 6.45) is -0.763. The number of carboxylic acids is 1. The van der Waals surface area contributed by atoms with Crippen LogP contribution in [0.25, 0.3) is 11.1 Å². The predicted molar refractivity (Wildman–Crippen MR) is 119 cm³/mol. The molecule has 3 aromatic rings. The number of carbonyl (C=O) groups excluding carboxylic acids is 2. The van der Waals surface area contributed by atoms with Crippen LogP contribution < -0.4 is 5.32 Å². The van der Waals surface area contributed by atoms with Crippen LogP contribution in [0.15, 0.2) is 48.5 Å². The van der Waals surface area contributed by atoms with Crippen LogP contribution in [0, 0.1) is 0 Å². The van der Waals surface area contributed by atoms with Crippen molar-refractivity contribution in [3.05, 3.63) is 65.5 Å². The quantitative estimate of drug-likeness (QED) is 0.504. The van der Waals surface area contributed by atoms with E-state index in [1.165, 1.54) is 6.92 Å². The second-order valence-corrected chi connectivity index (χ2v) is 7.56. The fraction of sp³-hybridized carbons (Fsp3) is 0.261. The van der Waals surface area contributed by atoms with Crippen molar-refractivity contribution in [2.75, 3.05) is 18.5 Å². The summed E-state index contributed by atoms with van der Waals surface area (Å²) in [5.41, 5.74) is 4.42. The molecule has 170 valence electrons. The Kier molecular flexibility index (Phi) is 6.07. The summed E-state index contributed by atoms with van der Waals surface area (Å²) >= 11 is 0. The number of carbonyl (C=O) groups is 3. The van der Waals surface area contributed by atoms with Crippen LogP contribution in [-0.4, -0.2) is 62.4 Å². The molecule has 1 unspecified atom stereocenters. The van der Waals surface area contributed by atoms with E-state index in [2.05, 4.69) is 20.5 Å². The maximum absolute atomic E-state index is 12.5. The molecule has 2 amide bonds. The number of aliphatic carboxylic acids is 1. The number of H-pyrrole nitrogens is 1. The Morgan fingerprint density at radius 2 is 1.73 bits per heavy atom. The van der Waals surface area contributed by atoms with E-state index >= 15 is 0 Å². The molecule has 0 aliphatic heterocycles. The van der Waals surface area contributed by atoms with Crippen molar-refractivity contribution >= 4 is 23.9 Å². The number of aromatic nitrogens is 3. The van der Waals surface area contributed by atoms with Gasteiger partial charge in [0.1, 0.15) is 12.6 Å². The van der Waals surface area contributed by atoms with Crippen LogP contribution in [0.3, 0.4) is 0 Å². The minimum atomic E-state index is -1.14. The highest BCUT2D eigenvalue weighted by Gasteiger charge is 2.30. The summed E-state index contributed by atoms with van der Waals surface area (Å²) in [7, 11) is 0. The van der Waals surface area contributed by atoms with Gasteiger partial charge in [-0.05, 0) is 36.1 Å². The number of amides is 2. The average Bonchev–Trinajstić information content (AvgIpc) is 3.40. The molecule has 2 aromatic carbocycles. The number of carboxylic acid groups (broad SMARTS) is 1. The Labute approximate surface area is 189 Å². The highest BCUT2D eigenvalue weighted by molar-refractivity contribution is 5.94. The lowest BCUT2D eigenvalue weighted by molar-refractivity contribution is -0.141. The largest absolute Gasteiger partial charge is 0.480 e. The van der Waals surface area contributed by atoms with Gasteiger partial charge in [0, 0.05) is 12.5 Å². The van der Waals surface area contributed by atoms with Crippen LogP contribution in [-0.2, 0) is 9.53 Å². The Bertz CT molecular complexity index is 1160. The van der Waals surface area contributed by atoms with E-state index in [9.17, 15) is 14.4 Å². The topological polar surface area (TPSA) is 138 Å². The molecule has 33 heavy (non-hydrogen) atoms. The highest BCUT2D eigenvalue weighted by Crippen LogP contribution is 2.44. The summed E-state index contributed by atoms with van der Waals surface area (Å²) in [5.74, 6) is -2.20. The maximum Gasteiger partial charge on any atom is 0.414 e. The van der Waals surface area contributed by atoms with Crippen molar-refractivity contribution in [3.63, 3.8) is 0 Å². The monoisotopic (exact) mass is 449 g/mol. The minimum Gasteiger partial charge on any atom is -0.480 e. The molecule has 10 nitrogen and oxygen atoms in total. The third-order valence-electron chi connectivity index (χ3n) is 5.67. The van der Waals surface area contributed by atoms with Gasteiger partial charge in [-0.2, -0.15) is 4.98 Å². The van der Waals surface area contributed by atoms with Gasteiger partial charge in [0.05, 0.1) is 0 Å². The number of fused-ring (bicyclic) bond motifs is 3. The fourth-order valence-electron chi connectivity index (χ4n) is 4.00. The van der Waals surface area contributed by atoms with Gasteiger partial charge < -0.3 is 14.7 Å². The molecule has 0 radical (unpaired) electrons. The lowest BCUT2D eigenvalue weighted by atomic mass is 9.98. The zero-order valence-electron chi connectivity index (χ0n) is 18.1.